The second-order valence-corrected chi connectivity index (χ2v) is 4.96. The molecule has 0 saturated carbocycles. The minimum absolute atomic E-state index is 0.0153. The molecule has 0 aliphatic carbocycles. The van der Waals surface area contributed by atoms with Crippen LogP contribution in [0.4, 0.5) is 0 Å². The van der Waals surface area contributed by atoms with Crippen molar-refractivity contribution < 1.29 is 29.3 Å². The van der Waals surface area contributed by atoms with Crippen molar-refractivity contribution in [1.29, 1.82) is 0 Å². The molecule has 7 heteroatoms. The van der Waals surface area contributed by atoms with E-state index in [9.17, 15) is 24.9 Å². The van der Waals surface area contributed by atoms with Gasteiger partial charge < -0.3 is 24.5 Å². The molecule has 0 fully saturated rings. The molecule has 122 valence electrons. The van der Waals surface area contributed by atoms with Crippen LogP contribution in [0.5, 0.6) is 23.0 Å². The smallest absolute Gasteiger partial charge is 0.205 e. The number of aromatic hydroxyl groups is 3. The van der Waals surface area contributed by atoms with Gasteiger partial charge in [0.1, 0.15) is 28.2 Å². The first-order valence-electron chi connectivity index (χ1n) is 6.82. The Morgan fingerprint density at radius 3 is 2.46 bits per heavy atom. The maximum Gasteiger partial charge on any atom is 0.205 e. The average Bonchev–Trinajstić information content (AvgIpc) is 2.55. The van der Waals surface area contributed by atoms with Crippen molar-refractivity contribution in [3.05, 3.63) is 46.1 Å². The molecule has 3 N–H and O–H groups in total. The third-order valence-electron chi connectivity index (χ3n) is 3.61. The molecule has 3 aromatic rings. The van der Waals surface area contributed by atoms with Crippen molar-refractivity contribution in [3.63, 3.8) is 0 Å². The highest BCUT2D eigenvalue weighted by molar-refractivity contribution is 6.00. The van der Waals surface area contributed by atoms with Crippen molar-refractivity contribution in [1.82, 2.24) is 0 Å². The van der Waals surface area contributed by atoms with Gasteiger partial charge in [0, 0.05) is 6.07 Å². The Morgan fingerprint density at radius 1 is 1.12 bits per heavy atom. The van der Waals surface area contributed by atoms with Crippen LogP contribution in [0, 0.1) is 0 Å². The summed E-state index contributed by atoms with van der Waals surface area (Å²) in [4.78, 5) is 23.5. The van der Waals surface area contributed by atoms with E-state index in [1.165, 1.54) is 19.2 Å². The van der Waals surface area contributed by atoms with Crippen LogP contribution in [0.3, 0.4) is 0 Å². The molecule has 0 amide bonds. The molecule has 7 nitrogen and oxygen atoms in total. The number of methoxy groups -OCH3 is 1. The van der Waals surface area contributed by atoms with E-state index >= 15 is 0 Å². The summed E-state index contributed by atoms with van der Waals surface area (Å²) in [7, 11) is 1.22. The SMILES string of the molecule is COc1c(O)c(C=O)c(O)c2c(=O)cc(-c3ccccc3O)oc12. The van der Waals surface area contributed by atoms with E-state index in [4.69, 9.17) is 9.15 Å². The number of ether oxygens (including phenoxy) is 1. The highest BCUT2D eigenvalue weighted by Gasteiger charge is 2.24. The molecule has 0 radical (unpaired) electrons. The predicted molar refractivity (Wildman–Crippen MR) is 84.9 cm³/mol. The first kappa shape index (κ1) is 15.4. The lowest BCUT2D eigenvalue weighted by Crippen LogP contribution is -2.04. The number of para-hydroxylation sites is 1. The molecule has 0 spiro atoms. The zero-order valence-corrected chi connectivity index (χ0v) is 12.4. The van der Waals surface area contributed by atoms with Crippen LogP contribution >= 0.6 is 0 Å². The molecule has 0 bridgehead atoms. The first-order chi connectivity index (χ1) is 11.5. The van der Waals surface area contributed by atoms with Gasteiger partial charge in [-0.05, 0) is 12.1 Å². The standard InChI is InChI=1S/C17H12O7/c1-23-17-15(22)9(7-18)14(21)13-11(20)6-12(24-16(13)17)8-4-2-3-5-10(8)19/h2-7,19,21-22H,1H3. The number of hydrogen-bond acceptors (Lipinski definition) is 7. The molecule has 3 rings (SSSR count). The minimum atomic E-state index is -0.698. The quantitative estimate of drug-likeness (QED) is 0.632. The van der Waals surface area contributed by atoms with Crippen molar-refractivity contribution in [2.75, 3.05) is 7.11 Å². The van der Waals surface area contributed by atoms with Crippen LogP contribution < -0.4 is 10.2 Å². The van der Waals surface area contributed by atoms with Crippen LogP contribution in [0.2, 0.25) is 0 Å². The van der Waals surface area contributed by atoms with Gasteiger partial charge >= 0.3 is 0 Å². The molecular formula is C17H12O7. The van der Waals surface area contributed by atoms with E-state index < -0.39 is 22.5 Å². The third-order valence-corrected chi connectivity index (χ3v) is 3.61. The van der Waals surface area contributed by atoms with Gasteiger partial charge in [-0.2, -0.15) is 0 Å². The van der Waals surface area contributed by atoms with Gasteiger partial charge in [0.2, 0.25) is 5.75 Å². The summed E-state index contributed by atoms with van der Waals surface area (Å²) in [6, 6.07) is 7.27. The fourth-order valence-electron chi connectivity index (χ4n) is 2.47. The summed E-state index contributed by atoms with van der Waals surface area (Å²) in [6.07, 6.45) is 0.211. The Labute approximate surface area is 135 Å². The average molecular weight is 328 g/mol. The predicted octanol–water partition coefficient (Wildman–Crippen LogP) is 2.40. The molecule has 1 aromatic heterocycles. The van der Waals surface area contributed by atoms with Crippen LogP contribution in [0.15, 0.2) is 39.5 Å². The summed E-state index contributed by atoms with van der Waals surface area (Å²) in [5, 5.41) is 29.7. The number of rotatable bonds is 3. The molecule has 0 atom stereocenters. The van der Waals surface area contributed by atoms with E-state index in [-0.39, 0.29) is 40.1 Å². The minimum Gasteiger partial charge on any atom is -0.507 e. The van der Waals surface area contributed by atoms with Crippen LogP contribution in [0.25, 0.3) is 22.3 Å². The number of hydrogen-bond donors (Lipinski definition) is 3. The number of benzene rings is 2. The van der Waals surface area contributed by atoms with Gasteiger partial charge in [0.15, 0.2) is 23.0 Å². The van der Waals surface area contributed by atoms with Gasteiger partial charge in [-0.15, -0.1) is 0 Å². The summed E-state index contributed by atoms with van der Waals surface area (Å²) >= 11 is 0. The molecule has 1 heterocycles. The highest BCUT2D eigenvalue weighted by atomic mass is 16.5. The maximum absolute atomic E-state index is 12.4. The Balaban J connectivity index is 2.47. The zero-order chi connectivity index (χ0) is 17.4. The molecule has 0 saturated heterocycles. The summed E-state index contributed by atoms with van der Waals surface area (Å²) in [5.41, 5.74) is -1.11. The van der Waals surface area contributed by atoms with Crippen molar-refractivity contribution in [2.45, 2.75) is 0 Å². The fourth-order valence-corrected chi connectivity index (χ4v) is 2.47. The van der Waals surface area contributed by atoms with Gasteiger partial charge in [-0.1, -0.05) is 12.1 Å². The van der Waals surface area contributed by atoms with Gasteiger partial charge in [0.05, 0.1) is 12.7 Å². The van der Waals surface area contributed by atoms with Crippen molar-refractivity contribution in [3.8, 4) is 34.3 Å². The lowest BCUT2D eigenvalue weighted by Gasteiger charge is -2.12. The number of phenols is 3. The second-order valence-electron chi connectivity index (χ2n) is 4.96. The number of carbonyl (C=O) groups excluding carboxylic acids is 1. The van der Waals surface area contributed by atoms with E-state index in [2.05, 4.69) is 0 Å². The number of aldehydes is 1. The van der Waals surface area contributed by atoms with E-state index in [0.717, 1.165) is 6.07 Å². The Kier molecular flexibility index (Phi) is 3.61. The maximum atomic E-state index is 12.4. The molecule has 24 heavy (non-hydrogen) atoms. The Hall–Kier alpha value is -3.48. The fraction of sp³-hybridized carbons (Fsp3) is 0.0588. The van der Waals surface area contributed by atoms with E-state index in [1.807, 2.05) is 0 Å². The summed E-state index contributed by atoms with van der Waals surface area (Å²) in [6.45, 7) is 0. The van der Waals surface area contributed by atoms with Crippen LogP contribution in [-0.2, 0) is 0 Å². The highest BCUT2D eigenvalue weighted by Crippen LogP contribution is 2.44. The van der Waals surface area contributed by atoms with E-state index in [0.29, 0.717) is 0 Å². The lowest BCUT2D eigenvalue weighted by atomic mass is 10.1. The molecule has 0 aliphatic heterocycles. The monoisotopic (exact) mass is 328 g/mol. The van der Waals surface area contributed by atoms with Gasteiger partial charge in [-0.25, -0.2) is 0 Å². The van der Waals surface area contributed by atoms with Gasteiger partial charge in [-0.3, -0.25) is 9.59 Å². The molecule has 2 aromatic carbocycles. The second kappa shape index (κ2) is 5.62. The number of fused-ring (bicyclic) bond motifs is 1. The van der Waals surface area contributed by atoms with Crippen molar-refractivity contribution >= 4 is 17.3 Å². The summed E-state index contributed by atoms with van der Waals surface area (Å²) < 4.78 is 10.6. The number of phenolic OH excluding ortho intramolecular Hbond substituents is 3. The van der Waals surface area contributed by atoms with E-state index in [1.54, 1.807) is 12.1 Å². The largest absolute Gasteiger partial charge is 0.507 e. The molecular weight excluding hydrogens is 316 g/mol. The Morgan fingerprint density at radius 2 is 1.83 bits per heavy atom. The van der Waals surface area contributed by atoms with Gasteiger partial charge in [0.25, 0.3) is 0 Å². The first-order valence-corrected chi connectivity index (χ1v) is 6.82. The number of carbonyl (C=O) groups is 1. The topological polar surface area (TPSA) is 117 Å². The zero-order valence-electron chi connectivity index (χ0n) is 12.4. The lowest BCUT2D eigenvalue weighted by molar-refractivity contribution is 0.111. The molecule has 0 aliphatic rings. The molecule has 0 unspecified atom stereocenters. The third kappa shape index (κ3) is 2.14. The van der Waals surface area contributed by atoms with Crippen molar-refractivity contribution in [2.24, 2.45) is 0 Å². The van der Waals surface area contributed by atoms with Crippen LogP contribution in [0.1, 0.15) is 10.4 Å². The normalized spacial score (nSPS) is 10.7. The van der Waals surface area contributed by atoms with Crippen LogP contribution in [-0.4, -0.2) is 28.7 Å². The Bertz CT molecular complexity index is 1020. The summed E-state index contributed by atoms with van der Waals surface area (Å²) in [5.74, 6) is -1.70.